The molecule has 0 saturated carbocycles. The SMILES string of the molecule is CCCCCCCCC=CCCCCCCOP(=O)(O)C(CC)[N+](C)(C)C. The molecule has 0 aliphatic carbocycles. The molecule has 1 N–H and O–H groups in total. The van der Waals surface area contributed by atoms with Crippen LogP contribution in [-0.2, 0) is 9.09 Å². The summed E-state index contributed by atoms with van der Waals surface area (Å²) in [7, 11) is 2.28. The van der Waals surface area contributed by atoms with E-state index in [-0.39, 0.29) is 5.78 Å². The zero-order chi connectivity index (χ0) is 20.6. The van der Waals surface area contributed by atoms with Gasteiger partial charge in [0.15, 0.2) is 5.78 Å². The number of nitrogens with zero attached hydrogens (tertiary/aromatic N) is 1. The van der Waals surface area contributed by atoms with Crippen molar-refractivity contribution in [3.8, 4) is 0 Å². The van der Waals surface area contributed by atoms with Gasteiger partial charge in [0.2, 0.25) is 0 Å². The molecule has 0 rings (SSSR count). The summed E-state index contributed by atoms with van der Waals surface area (Å²) in [5.74, 6) is -0.353. The van der Waals surface area contributed by atoms with E-state index in [1.165, 1.54) is 51.4 Å². The molecule has 0 aromatic carbocycles. The van der Waals surface area contributed by atoms with Crippen molar-refractivity contribution in [3.05, 3.63) is 12.2 Å². The Bertz CT molecular complexity index is 418. The first kappa shape index (κ1) is 26.9. The standard InChI is InChI=1S/C22H46NO3P/c1-6-8-9-10-11-12-13-14-15-16-17-18-19-20-21-26-27(24,25)22(7-2)23(3,4)5/h14-15,22H,6-13,16-21H2,1-5H3/p+1. The van der Waals surface area contributed by atoms with E-state index in [1.54, 1.807) is 0 Å². The van der Waals surface area contributed by atoms with Gasteiger partial charge in [0.05, 0.1) is 27.7 Å². The third-order valence-electron chi connectivity index (χ3n) is 5.07. The smallest absolute Gasteiger partial charge is 0.320 e. The molecule has 162 valence electrons. The maximum atomic E-state index is 12.4. The fourth-order valence-corrected chi connectivity index (χ4v) is 5.39. The molecule has 2 unspecified atom stereocenters. The third-order valence-corrected chi connectivity index (χ3v) is 7.43. The van der Waals surface area contributed by atoms with Crippen LogP contribution in [-0.4, -0.2) is 42.9 Å². The van der Waals surface area contributed by atoms with Crippen molar-refractivity contribution in [2.75, 3.05) is 27.7 Å². The van der Waals surface area contributed by atoms with Crippen LogP contribution < -0.4 is 0 Å². The van der Waals surface area contributed by atoms with Gasteiger partial charge in [-0.3, -0.25) is 4.57 Å². The molecule has 5 heteroatoms. The van der Waals surface area contributed by atoms with Gasteiger partial charge >= 0.3 is 7.60 Å². The number of hydrogen-bond acceptors (Lipinski definition) is 2. The maximum Gasteiger partial charge on any atom is 0.385 e. The summed E-state index contributed by atoms with van der Waals surface area (Å²) in [6.45, 7) is 4.59. The summed E-state index contributed by atoms with van der Waals surface area (Å²) in [6.07, 6.45) is 20.1. The Balaban J connectivity index is 3.61. The highest BCUT2D eigenvalue weighted by Crippen LogP contribution is 2.51. The summed E-state index contributed by atoms with van der Waals surface area (Å²) in [5, 5.41) is 0. The first-order valence-corrected chi connectivity index (χ1v) is 12.8. The molecule has 0 aromatic rings. The van der Waals surface area contributed by atoms with Crippen LogP contribution in [0.15, 0.2) is 12.2 Å². The highest BCUT2D eigenvalue weighted by molar-refractivity contribution is 7.53. The van der Waals surface area contributed by atoms with E-state index in [0.717, 1.165) is 25.7 Å². The lowest BCUT2D eigenvalue weighted by Crippen LogP contribution is -2.44. The second-order valence-corrected chi connectivity index (χ2v) is 10.6. The summed E-state index contributed by atoms with van der Waals surface area (Å²) in [5.41, 5.74) is 0. The summed E-state index contributed by atoms with van der Waals surface area (Å²) in [4.78, 5) is 10.2. The molecule has 0 aliphatic heterocycles. The van der Waals surface area contributed by atoms with Gasteiger partial charge in [-0.25, -0.2) is 0 Å². The topological polar surface area (TPSA) is 46.5 Å². The molecule has 0 spiro atoms. The van der Waals surface area contributed by atoms with Crippen LogP contribution in [0.3, 0.4) is 0 Å². The number of allylic oxidation sites excluding steroid dienone is 2. The zero-order valence-electron chi connectivity index (χ0n) is 18.8. The summed E-state index contributed by atoms with van der Waals surface area (Å²) < 4.78 is 18.3. The fraction of sp³-hybridized carbons (Fsp3) is 0.909. The van der Waals surface area contributed by atoms with Gasteiger partial charge in [0, 0.05) is 6.42 Å². The van der Waals surface area contributed by atoms with E-state index in [0.29, 0.717) is 17.5 Å². The van der Waals surface area contributed by atoms with Gasteiger partial charge in [-0.05, 0) is 32.1 Å². The van der Waals surface area contributed by atoms with E-state index in [9.17, 15) is 9.46 Å². The third kappa shape index (κ3) is 14.5. The quantitative estimate of drug-likeness (QED) is 0.117. The number of hydrogen-bond donors (Lipinski definition) is 1. The van der Waals surface area contributed by atoms with Gasteiger partial charge in [-0.15, -0.1) is 0 Å². The molecule has 0 aromatic heterocycles. The molecular weight excluding hydrogens is 357 g/mol. The highest BCUT2D eigenvalue weighted by atomic mass is 31.2. The molecule has 0 heterocycles. The van der Waals surface area contributed by atoms with Crippen LogP contribution in [0.25, 0.3) is 0 Å². The summed E-state index contributed by atoms with van der Waals surface area (Å²) in [6, 6.07) is 0. The van der Waals surface area contributed by atoms with Crippen molar-refractivity contribution in [2.45, 2.75) is 103 Å². The van der Waals surface area contributed by atoms with Crippen LogP contribution in [0.2, 0.25) is 0 Å². The van der Waals surface area contributed by atoms with Crippen LogP contribution in [0.4, 0.5) is 0 Å². The van der Waals surface area contributed by atoms with Gasteiger partial charge in [0.1, 0.15) is 0 Å². The Morgan fingerprint density at radius 2 is 1.33 bits per heavy atom. The van der Waals surface area contributed by atoms with Crippen molar-refractivity contribution in [1.29, 1.82) is 0 Å². The lowest BCUT2D eigenvalue weighted by molar-refractivity contribution is -0.883. The first-order chi connectivity index (χ1) is 12.8. The number of quaternary nitrogens is 1. The maximum absolute atomic E-state index is 12.4. The molecule has 0 radical (unpaired) electrons. The Morgan fingerprint density at radius 1 is 0.852 bits per heavy atom. The highest BCUT2D eigenvalue weighted by Gasteiger charge is 2.41. The monoisotopic (exact) mass is 404 g/mol. The minimum atomic E-state index is -3.55. The zero-order valence-corrected chi connectivity index (χ0v) is 19.7. The summed E-state index contributed by atoms with van der Waals surface area (Å²) >= 11 is 0. The minimum absolute atomic E-state index is 0.353. The molecule has 2 atom stereocenters. The van der Waals surface area contributed by atoms with Crippen LogP contribution in [0.1, 0.15) is 97.3 Å². The van der Waals surface area contributed by atoms with Gasteiger partial charge < -0.3 is 13.9 Å². The predicted molar refractivity (Wildman–Crippen MR) is 118 cm³/mol. The fourth-order valence-electron chi connectivity index (χ4n) is 3.49. The Kier molecular flexibility index (Phi) is 15.6. The molecule has 27 heavy (non-hydrogen) atoms. The van der Waals surface area contributed by atoms with E-state index in [4.69, 9.17) is 4.52 Å². The predicted octanol–water partition coefficient (Wildman–Crippen LogP) is 6.89. The van der Waals surface area contributed by atoms with Crippen molar-refractivity contribution in [2.24, 2.45) is 0 Å². The van der Waals surface area contributed by atoms with Crippen LogP contribution >= 0.6 is 7.60 Å². The van der Waals surface area contributed by atoms with Crippen molar-refractivity contribution in [1.82, 2.24) is 0 Å². The van der Waals surface area contributed by atoms with Crippen molar-refractivity contribution < 1.29 is 18.5 Å². The normalized spacial score (nSPS) is 15.9. The van der Waals surface area contributed by atoms with E-state index < -0.39 is 7.60 Å². The Hall–Kier alpha value is -0.150. The van der Waals surface area contributed by atoms with E-state index in [2.05, 4.69) is 19.1 Å². The van der Waals surface area contributed by atoms with E-state index in [1.807, 2.05) is 28.1 Å². The molecular formula is C22H47NO3P+. The molecule has 0 aliphatic rings. The Morgan fingerprint density at radius 3 is 1.81 bits per heavy atom. The largest absolute Gasteiger partial charge is 0.385 e. The number of unbranched alkanes of at least 4 members (excludes halogenated alkanes) is 10. The average Bonchev–Trinajstić information content (AvgIpc) is 2.57. The average molecular weight is 405 g/mol. The first-order valence-electron chi connectivity index (χ1n) is 11.2. The minimum Gasteiger partial charge on any atom is -0.320 e. The number of rotatable bonds is 18. The molecule has 0 amide bonds. The molecule has 0 saturated heterocycles. The van der Waals surface area contributed by atoms with E-state index >= 15 is 0 Å². The van der Waals surface area contributed by atoms with Gasteiger partial charge in [-0.2, -0.15) is 0 Å². The second-order valence-electron chi connectivity index (χ2n) is 8.63. The van der Waals surface area contributed by atoms with Gasteiger partial charge in [0.25, 0.3) is 0 Å². The Labute approximate surface area is 169 Å². The van der Waals surface area contributed by atoms with Gasteiger partial charge in [-0.1, -0.05) is 70.9 Å². The molecule has 0 bridgehead atoms. The van der Waals surface area contributed by atoms with Crippen LogP contribution in [0.5, 0.6) is 0 Å². The van der Waals surface area contributed by atoms with Crippen molar-refractivity contribution >= 4 is 7.60 Å². The van der Waals surface area contributed by atoms with Crippen molar-refractivity contribution in [3.63, 3.8) is 0 Å². The molecule has 0 fully saturated rings. The van der Waals surface area contributed by atoms with Crippen LogP contribution in [0, 0.1) is 0 Å². The second kappa shape index (κ2) is 15.7. The molecule has 4 nitrogen and oxygen atoms in total. The lowest BCUT2D eigenvalue weighted by Gasteiger charge is -2.35. The lowest BCUT2D eigenvalue weighted by atomic mass is 10.1.